The standard InChI is InChI=1S/C20H22N4O4/c1-13(25)21-15-5-3-7-17(11-15)23-19(27)9-10-20(28)24-18-8-4-6-16(12-18)22-14(2)26/h3-8,11-12H,9-10H2,1-2H3,(H,21,25)(H,22,26)(H,23,27)(H,24,28). The van der Waals surface area contributed by atoms with Gasteiger partial charge in [0.15, 0.2) is 0 Å². The first-order chi connectivity index (χ1) is 13.3. The quantitative estimate of drug-likeness (QED) is 0.589. The Morgan fingerprint density at radius 3 is 1.25 bits per heavy atom. The molecule has 0 aliphatic carbocycles. The van der Waals surface area contributed by atoms with E-state index in [4.69, 9.17) is 0 Å². The summed E-state index contributed by atoms with van der Waals surface area (Å²) in [4.78, 5) is 46.3. The molecule has 28 heavy (non-hydrogen) atoms. The van der Waals surface area contributed by atoms with Gasteiger partial charge >= 0.3 is 0 Å². The molecule has 4 amide bonds. The number of nitrogens with one attached hydrogen (secondary N) is 4. The Hall–Kier alpha value is -3.68. The zero-order valence-corrected chi connectivity index (χ0v) is 15.7. The number of amides is 4. The topological polar surface area (TPSA) is 116 Å². The normalized spacial score (nSPS) is 9.93. The van der Waals surface area contributed by atoms with E-state index in [9.17, 15) is 19.2 Å². The van der Waals surface area contributed by atoms with Gasteiger partial charge in [-0.05, 0) is 36.4 Å². The molecule has 0 aliphatic rings. The van der Waals surface area contributed by atoms with Crippen LogP contribution < -0.4 is 21.3 Å². The van der Waals surface area contributed by atoms with Crippen molar-refractivity contribution >= 4 is 46.4 Å². The fourth-order valence-electron chi connectivity index (χ4n) is 2.43. The lowest BCUT2D eigenvalue weighted by Crippen LogP contribution is -2.17. The van der Waals surface area contributed by atoms with Gasteiger partial charge in [-0.1, -0.05) is 12.1 Å². The highest BCUT2D eigenvalue weighted by Crippen LogP contribution is 2.17. The Bertz CT molecular complexity index is 822. The van der Waals surface area contributed by atoms with Crippen molar-refractivity contribution in [3.63, 3.8) is 0 Å². The van der Waals surface area contributed by atoms with Crippen LogP contribution in [0.5, 0.6) is 0 Å². The number of hydrogen-bond donors (Lipinski definition) is 4. The van der Waals surface area contributed by atoms with Gasteiger partial charge in [-0.2, -0.15) is 0 Å². The van der Waals surface area contributed by atoms with Crippen LogP contribution in [0, 0.1) is 0 Å². The van der Waals surface area contributed by atoms with E-state index < -0.39 is 0 Å². The Morgan fingerprint density at radius 2 is 0.929 bits per heavy atom. The van der Waals surface area contributed by atoms with Gasteiger partial charge in [0.05, 0.1) is 0 Å². The molecule has 4 N–H and O–H groups in total. The van der Waals surface area contributed by atoms with Gasteiger partial charge in [0, 0.05) is 49.4 Å². The molecule has 0 saturated heterocycles. The minimum Gasteiger partial charge on any atom is -0.326 e. The molecule has 0 aromatic heterocycles. The van der Waals surface area contributed by atoms with E-state index in [-0.39, 0.29) is 36.5 Å². The number of anilines is 4. The fourth-order valence-corrected chi connectivity index (χ4v) is 2.43. The van der Waals surface area contributed by atoms with Crippen molar-refractivity contribution in [2.75, 3.05) is 21.3 Å². The predicted molar refractivity (Wildman–Crippen MR) is 108 cm³/mol. The van der Waals surface area contributed by atoms with Crippen molar-refractivity contribution in [1.82, 2.24) is 0 Å². The molecule has 8 nitrogen and oxygen atoms in total. The Kier molecular flexibility index (Phi) is 7.27. The van der Waals surface area contributed by atoms with Gasteiger partial charge in [0.25, 0.3) is 0 Å². The monoisotopic (exact) mass is 382 g/mol. The van der Waals surface area contributed by atoms with Crippen molar-refractivity contribution < 1.29 is 19.2 Å². The van der Waals surface area contributed by atoms with Gasteiger partial charge in [-0.25, -0.2) is 0 Å². The molecule has 8 heteroatoms. The van der Waals surface area contributed by atoms with Crippen LogP contribution >= 0.6 is 0 Å². The van der Waals surface area contributed by atoms with E-state index in [1.807, 2.05) is 0 Å². The third kappa shape index (κ3) is 7.28. The van der Waals surface area contributed by atoms with Crippen molar-refractivity contribution in [3.8, 4) is 0 Å². The zero-order valence-electron chi connectivity index (χ0n) is 15.7. The predicted octanol–water partition coefficient (Wildman–Crippen LogP) is 2.96. The van der Waals surface area contributed by atoms with Crippen LogP contribution in [-0.2, 0) is 19.2 Å². The third-order valence-electron chi connectivity index (χ3n) is 3.51. The minimum absolute atomic E-state index is 0.00157. The molecule has 0 saturated carbocycles. The summed E-state index contributed by atoms with van der Waals surface area (Å²) >= 11 is 0. The Morgan fingerprint density at radius 1 is 0.607 bits per heavy atom. The summed E-state index contributed by atoms with van der Waals surface area (Å²) in [5, 5.41) is 10.6. The van der Waals surface area contributed by atoms with E-state index in [0.29, 0.717) is 22.7 Å². The summed E-state index contributed by atoms with van der Waals surface area (Å²) in [5.74, 6) is -1.05. The summed E-state index contributed by atoms with van der Waals surface area (Å²) < 4.78 is 0. The largest absolute Gasteiger partial charge is 0.326 e. The van der Waals surface area contributed by atoms with Crippen LogP contribution in [0.4, 0.5) is 22.7 Å². The summed E-state index contributed by atoms with van der Waals surface area (Å²) in [7, 11) is 0. The van der Waals surface area contributed by atoms with Gasteiger partial charge in [0.1, 0.15) is 0 Å². The molecule has 0 atom stereocenters. The second-order valence-electron chi connectivity index (χ2n) is 6.12. The number of carbonyl (C=O) groups excluding carboxylic acids is 4. The van der Waals surface area contributed by atoms with E-state index >= 15 is 0 Å². The fraction of sp³-hybridized carbons (Fsp3) is 0.200. The summed E-state index contributed by atoms with van der Waals surface area (Å²) in [6.07, 6.45) is 0.00314. The van der Waals surface area contributed by atoms with Gasteiger partial charge in [0.2, 0.25) is 23.6 Å². The molecular formula is C20H22N4O4. The summed E-state index contributed by atoms with van der Waals surface area (Å²) in [6, 6.07) is 13.5. The van der Waals surface area contributed by atoms with Crippen LogP contribution in [0.2, 0.25) is 0 Å². The molecule has 0 unspecified atom stereocenters. The number of carbonyl (C=O) groups is 4. The highest BCUT2D eigenvalue weighted by molar-refractivity contribution is 5.98. The van der Waals surface area contributed by atoms with E-state index in [2.05, 4.69) is 21.3 Å². The van der Waals surface area contributed by atoms with Gasteiger partial charge in [-0.15, -0.1) is 0 Å². The molecule has 2 aromatic rings. The van der Waals surface area contributed by atoms with E-state index in [1.54, 1.807) is 48.5 Å². The van der Waals surface area contributed by atoms with Gasteiger partial charge in [-0.3, -0.25) is 19.2 Å². The maximum atomic E-state index is 12.1. The molecule has 2 aromatic carbocycles. The first-order valence-corrected chi connectivity index (χ1v) is 8.67. The Balaban J connectivity index is 1.83. The number of benzene rings is 2. The lowest BCUT2D eigenvalue weighted by molar-refractivity contribution is -0.121. The molecule has 0 bridgehead atoms. The summed E-state index contributed by atoms with van der Waals surface area (Å²) in [6.45, 7) is 2.80. The maximum absolute atomic E-state index is 12.1. The van der Waals surface area contributed by atoms with Crippen LogP contribution in [0.15, 0.2) is 48.5 Å². The first kappa shape index (κ1) is 20.6. The van der Waals surface area contributed by atoms with Crippen LogP contribution in [0.1, 0.15) is 26.7 Å². The van der Waals surface area contributed by atoms with Crippen molar-refractivity contribution in [3.05, 3.63) is 48.5 Å². The van der Waals surface area contributed by atoms with Crippen LogP contribution in [0.3, 0.4) is 0 Å². The maximum Gasteiger partial charge on any atom is 0.224 e. The average molecular weight is 382 g/mol. The molecule has 0 spiro atoms. The summed E-state index contributed by atoms with van der Waals surface area (Å²) in [5.41, 5.74) is 2.20. The third-order valence-corrected chi connectivity index (χ3v) is 3.51. The zero-order chi connectivity index (χ0) is 20.5. The minimum atomic E-state index is -0.317. The lowest BCUT2D eigenvalue weighted by atomic mass is 10.2. The van der Waals surface area contributed by atoms with Gasteiger partial charge < -0.3 is 21.3 Å². The number of hydrogen-bond acceptors (Lipinski definition) is 4. The molecule has 0 fully saturated rings. The lowest BCUT2D eigenvalue weighted by Gasteiger charge is -2.09. The molecule has 0 radical (unpaired) electrons. The number of rotatable bonds is 7. The van der Waals surface area contributed by atoms with Crippen LogP contribution in [0.25, 0.3) is 0 Å². The molecule has 146 valence electrons. The second kappa shape index (κ2) is 9.86. The van der Waals surface area contributed by atoms with Crippen molar-refractivity contribution in [2.24, 2.45) is 0 Å². The average Bonchev–Trinajstić information content (AvgIpc) is 2.59. The molecule has 0 aliphatic heterocycles. The smallest absolute Gasteiger partial charge is 0.224 e. The molecular weight excluding hydrogens is 360 g/mol. The highest BCUT2D eigenvalue weighted by atomic mass is 16.2. The SMILES string of the molecule is CC(=O)Nc1cccc(NC(=O)CCC(=O)Nc2cccc(NC(C)=O)c2)c1. The molecule has 2 rings (SSSR count). The first-order valence-electron chi connectivity index (χ1n) is 8.67. The Labute approximate surface area is 162 Å². The van der Waals surface area contributed by atoms with Crippen molar-refractivity contribution in [1.29, 1.82) is 0 Å². The van der Waals surface area contributed by atoms with Crippen molar-refractivity contribution in [2.45, 2.75) is 26.7 Å². The van der Waals surface area contributed by atoms with E-state index in [1.165, 1.54) is 13.8 Å². The van der Waals surface area contributed by atoms with E-state index in [0.717, 1.165) is 0 Å². The van der Waals surface area contributed by atoms with Crippen LogP contribution in [-0.4, -0.2) is 23.6 Å². The highest BCUT2D eigenvalue weighted by Gasteiger charge is 2.09. The second-order valence-corrected chi connectivity index (χ2v) is 6.12. The molecule has 0 heterocycles.